The Morgan fingerprint density at radius 3 is 2.36 bits per heavy atom. The first-order chi connectivity index (χ1) is 5.07. The molecule has 4 nitrogen and oxygen atoms in total. The summed E-state index contributed by atoms with van der Waals surface area (Å²) in [4.78, 5) is 11.2. The largest absolute Gasteiger partial charge is 0.351 e. The van der Waals surface area contributed by atoms with Gasteiger partial charge in [0.25, 0.3) is 6.43 Å². The second kappa shape index (κ2) is 4.84. The summed E-state index contributed by atoms with van der Waals surface area (Å²) < 4.78 is 23.4. The van der Waals surface area contributed by atoms with Crippen molar-refractivity contribution in [2.45, 2.75) is 6.43 Å². The lowest BCUT2D eigenvalue weighted by molar-refractivity contribution is 0.102. The van der Waals surface area contributed by atoms with Gasteiger partial charge in [-0.2, -0.15) is 0 Å². The van der Waals surface area contributed by atoms with Gasteiger partial charge in [-0.3, -0.25) is 0 Å². The molecule has 0 aliphatic heterocycles. The molecule has 0 aliphatic rings. The zero-order valence-corrected chi connectivity index (χ0v) is 5.96. The fourth-order valence-corrected chi connectivity index (χ4v) is 0.614. The Kier molecular flexibility index (Phi) is 4.44. The molecular weight excluding hydrogens is 156 g/mol. The molecule has 0 heterocycles. The fourth-order valence-electron chi connectivity index (χ4n) is 0.614. The molecule has 0 fully saturated rings. The summed E-state index contributed by atoms with van der Waals surface area (Å²) in [6.07, 6.45) is -2.56. The second-order valence-corrected chi connectivity index (χ2v) is 1.96. The number of rotatable bonds is 4. The Bertz CT molecular complexity index is 131. The quantitative estimate of drug-likeness (QED) is 0.597. The SMILES string of the molecule is NCCN(CC(F)F)C(N)=O. The number of carbonyl (C=O) groups is 1. The highest BCUT2D eigenvalue weighted by Gasteiger charge is 2.13. The maximum Gasteiger partial charge on any atom is 0.315 e. The highest BCUT2D eigenvalue weighted by Crippen LogP contribution is 1.96. The summed E-state index contributed by atoms with van der Waals surface area (Å²) in [7, 11) is 0. The van der Waals surface area contributed by atoms with Gasteiger partial charge in [-0.05, 0) is 0 Å². The highest BCUT2D eigenvalue weighted by molar-refractivity contribution is 5.71. The molecule has 0 spiro atoms. The van der Waals surface area contributed by atoms with E-state index in [1.807, 2.05) is 0 Å². The molecule has 4 N–H and O–H groups in total. The molecule has 6 heteroatoms. The maximum absolute atomic E-state index is 11.7. The number of nitrogens with two attached hydrogens (primary N) is 2. The fraction of sp³-hybridized carbons (Fsp3) is 0.800. The van der Waals surface area contributed by atoms with Gasteiger partial charge in [-0.25, -0.2) is 13.6 Å². The Morgan fingerprint density at radius 1 is 1.55 bits per heavy atom. The predicted molar refractivity (Wildman–Crippen MR) is 36.2 cm³/mol. The van der Waals surface area contributed by atoms with E-state index in [1.54, 1.807) is 0 Å². The van der Waals surface area contributed by atoms with E-state index in [0.717, 1.165) is 4.90 Å². The highest BCUT2D eigenvalue weighted by atomic mass is 19.3. The van der Waals surface area contributed by atoms with Gasteiger partial charge in [0, 0.05) is 13.1 Å². The summed E-state index contributed by atoms with van der Waals surface area (Å²) in [6.45, 7) is -0.443. The van der Waals surface area contributed by atoms with E-state index in [1.165, 1.54) is 0 Å². The Labute approximate surface area is 63.1 Å². The maximum atomic E-state index is 11.7. The zero-order chi connectivity index (χ0) is 8.85. The van der Waals surface area contributed by atoms with Crippen molar-refractivity contribution in [1.82, 2.24) is 4.90 Å². The number of halogens is 2. The molecule has 0 bridgehead atoms. The number of hydrogen-bond donors (Lipinski definition) is 2. The van der Waals surface area contributed by atoms with Gasteiger partial charge in [0.2, 0.25) is 0 Å². The van der Waals surface area contributed by atoms with Crippen LogP contribution in [0.1, 0.15) is 0 Å². The normalized spacial score (nSPS) is 10.2. The summed E-state index contributed by atoms with van der Waals surface area (Å²) in [5.41, 5.74) is 9.82. The monoisotopic (exact) mass is 167 g/mol. The zero-order valence-electron chi connectivity index (χ0n) is 5.96. The molecule has 0 aromatic rings. The number of amides is 2. The van der Waals surface area contributed by atoms with Crippen molar-refractivity contribution in [1.29, 1.82) is 0 Å². The first-order valence-electron chi connectivity index (χ1n) is 3.10. The van der Waals surface area contributed by atoms with Crippen LogP contribution in [0.15, 0.2) is 0 Å². The molecular formula is C5H11F2N3O. The predicted octanol–water partition coefficient (Wildman–Crippen LogP) is -0.409. The number of alkyl halides is 2. The summed E-state index contributed by atoms with van der Waals surface area (Å²) >= 11 is 0. The Morgan fingerprint density at radius 2 is 2.09 bits per heavy atom. The molecule has 11 heavy (non-hydrogen) atoms. The third kappa shape index (κ3) is 4.49. The van der Waals surface area contributed by atoms with Crippen molar-refractivity contribution in [3.05, 3.63) is 0 Å². The van der Waals surface area contributed by atoms with Gasteiger partial charge in [-0.15, -0.1) is 0 Å². The minimum absolute atomic E-state index is 0.0691. The van der Waals surface area contributed by atoms with E-state index >= 15 is 0 Å². The van der Waals surface area contributed by atoms with E-state index < -0.39 is 19.0 Å². The third-order valence-electron chi connectivity index (χ3n) is 1.07. The van der Waals surface area contributed by atoms with Crippen LogP contribution in [-0.2, 0) is 0 Å². The summed E-state index contributed by atoms with van der Waals surface area (Å²) in [5, 5.41) is 0. The average Bonchev–Trinajstić information content (AvgIpc) is 1.86. The van der Waals surface area contributed by atoms with Crippen LogP contribution in [0, 0.1) is 0 Å². The first kappa shape index (κ1) is 10.1. The first-order valence-corrected chi connectivity index (χ1v) is 3.10. The Hall–Kier alpha value is -0.910. The van der Waals surface area contributed by atoms with Crippen molar-refractivity contribution in [3.8, 4) is 0 Å². The molecule has 0 aromatic heterocycles. The van der Waals surface area contributed by atoms with E-state index in [0.29, 0.717) is 0 Å². The van der Waals surface area contributed by atoms with Gasteiger partial charge in [0.15, 0.2) is 0 Å². The standard InChI is InChI=1S/C5H11F2N3O/c6-4(7)3-10(2-1-8)5(9)11/h4H,1-3,8H2,(H2,9,11). The topological polar surface area (TPSA) is 72.3 Å². The van der Waals surface area contributed by atoms with Crippen molar-refractivity contribution < 1.29 is 13.6 Å². The number of hydrogen-bond acceptors (Lipinski definition) is 2. The van der Waals surface area contributed by atoms with Crippen LogP contribution in [0.25, 0.3) is 0 Å². The van der Waals surface area contributed by atoms with Gasteiger partial charge in [0.1, 0.15) is 0 Å². The van der Waals surface area contributed by atoms with Crippen LogP contribution in [0.5, 0.6) is 0 Å². The van der Waals surface area contributed by atoms with Gasteiger partial charge >= 0.3 is 6.03 Å². The smallest absolute Gasteiger partial charge is 0.315 e. The molecule has 66 valence electrons. The van der Waals surface area contributed by atoms with E-state index in [2.05, 4.69) is 0 Å². The lowest BCUT2D eigenvalue weighted by Gasteiger charge is -2.18. The van der Waals surface area contributed by atoms with Crippen LogP contribution < -0.4 is 11.5 Å². The van der Waals surface area contributed by atoms with Crippen molar-refractivity contribution >= 4 is 6.03 Å². The number of primary amides is 1. The Balaban J connectivity index is 3.79. The van der Waals surface area contributed by atoms with Crippen LogP contribution in [0.2, 0.25) is 0 Å². The van der Waals surface area contributed by atoms with Crippen LogP contribution in [-0.4, -0.2) is 37.0 Å². The van der Waals surface area contributed by atoms with Crippen molar-refractivity contribution in [2.24, 2.45) is 11.5 Å². The van der Waals surface area contributed by atoms with Crippen LogP contribution >= 0.6 is 0 Å². The van der Waals surface area contributed by atoms with Crippen LogP contribution in [0.3, 0.4) is 0 Å². The van der Waals surface area contributed by atoms with Crippen molar-refractivity contribution in [3.63, 3.8) is 0 Å². The summed E-state index contributed by atoms with van der Waals surface area (Å²) in [5.74, 6) is 0. The summed E-state index contributed by atoms with van der Waals surface area (Å²) in [6, 6.07) is -0.865. The molecule has 0 aliphatic carbocycles. The van der Waals surface area contributed by atoms with Crippen molar-refractivity contribution in [2.75, 3.05) is 19.6 Å². The van der Waals surface area contributed by atoms with Gasteiger partial charge in [-0.1, -0.05) is 0 Å². The van der Waals surface area contributed by atoms with E-state index in [4.69, 9.17) is 11.5 Å². The van der Waals surface area contributed by atoms with Crippen LogP contribution in [0.4, 0.5) is 13.6 Å². The number of nitrogens with zero attached hydrogens (tertiary/aromatic N) is 1. The van der Waals surface area contributed by atoms with Gasteiger partial charge < -0.3 is 16.4 Å². The molecule has 2 amide bonds. The van der Waals surface area contributed by atoms with E-state index in [9.17, 15) is 13.6 Å². The molecule has 0 saturated heterocycles. The second-order valence-electron chi connectivity index (χ2n) is 1.96. The average molecular weight is 167 g/mol. The molecule has 0 saturated carbocycles. The minimum atomic E-state index is -2.56. The lowest BCUT2D eigenvalue weighted by atomic mass is 10.5. The number of urea groups is 1. The van der Waals surface area contributed by atoms with E-state index in [-0.39, 0.29) is 13.1 Å². The molecule has 0 atom stereocenters. The number of carbonyl (C=O) groups excluding carboxylic acids is 1. The lowest BCUT2D eigenvalue weighted by Crippen LogP contribution is -2.41. The third-order valence-corrected chi connectivity index (χ3v) is 1.07. The molecule has 0 aromatic carbocycles. The minimum Gasteiger partial charge on any atom is -0.351 e. The van der Waals surface area contributed by atoms with Gasteiger partial charge in [0.05, 0.1) is 6.54 Å². The molecule has 0 rings (SSSR count). The molecule has 0 radical (unpaired) electrons. The molecule has 0 unspecified atom stereocenters.